The molecule has 0 fully saturated rings. The summed E-state index contributed by atoms with van der Waals surface area (Å²) < 4.78 is 0. The lowest BCUT2D eigenvalue weighted by atomic mass is 9.85. The van der Waals surface area contributed by atoms with E-state index in [1.807, 2.05) is 0 Å². The van der Waals surface area contributed by atoms with Crippen LogP contribution in [0.4, 0.5) is 0 Å². The quantitative estimate of drug-likeness (QED) is 0.0533. The molecule has 0 amide bonds. The van der Waals surface area contributed by atoms with Crippen LogP contribution in [0.2, 0.25) is 0 Å². The first kappa shape index (κ1) is 40.1. The van der Waals surface area contributed by atoms with Crippen LogP contribution >= 0.6 is 11.6 Å². The van der Waals surface area contributed by atoms with Crippen LogP contribution in [0, 0.1) is 5.92 Å². The van der Waals surface area contributed by atoms with E-state index in [1.54, 1.807) is 0 Å². The zero-order valence-electron chi connectivity index (χ0n) is 27.1. The molecular weight excluding hydrogens is 482 g/mol. The number of hydrogen-bond donors (Lipinski definition) is 1. The summed E-state index contributed by atoms with van der Waals surface area (Å²) in [6, 6.07) is 0. The molecule has 1 nitrogen and oxygen atoms in total. The first-order valence-corrected chi connectivity index (χ1v) is 17.7. The summed E-state index contributed by atoms with van der Waals surface area (Å²) in [6.45, 7) is 9.09. The van der Waals surface area contributed by atoms with Crippen molar-refractivity contribution in [3.05, 3.63) is 12.2 Å². The molecule has 0 aliphatic heterocycles. The molecule has 0 rings (SSSR count). The third-order valence-electron chi connectivity index (χ3n) is 8.44. The third-order valence-corrected chi connectivity index (χ3v) is 8.75. The lowest BCUT2D eigenvalue weighted by molar-refractivity contribution is 0.334. The molecule has 1 atom stereocenters. The smallest absolute Gasteiger partial charge is 0.0418 e. The molecule has 0 heterocycles. The highest BCUT2D eigenvalue weighted by Crippen LogP contribution is 2.33. The van der Waals surface area contributed by atoms with Gasteiger partial charge in [0.2, 0.25) is 0 Å². The fourth-order valence-corrected chi connectivity index (χ4v) is 5.92. The molecule has 0 aromatic heterocycles. The Hall–Kier alpha value is -0.0100. The Kier molecular flexibility index (Phi) is 33.3. The van der Waals surface area contributed by atoms with Crippen molar-refractivity contribution in [1.82, 2.24) is 6.15 Å². The van der Waals surface area contributed by atoms with Gasteiger partial charge in [0.15, 0.2) is 0 Å². The lowest BCUT2D eigenvalue weighted by Gasteiger charge is -2.28. The Morgan fingerprint density at radius 1 is 0.447 bits per heavy atom. The topological polar surface area (TPSA) is 35.0 Å². The Morgan fingerprint density at radius 3 is 1.00 bits per heavy atom. The van der Waals surface area contributed by atoms with Crippen molar-refractivity contribution in [2.75, 3.05) is 0 Å². The number of alkyl halides is 1. The number of halogens is 1. The lowest BCUT2D eigenvalue weighted by Crippen LogP contribution is -2.24. The molecular formula is C36H74ClN. The molecule has 0 aromatic rings. The van der Waals surface area contributed by atoms with Gasteiger partial charge < -0.3 is 6.15 Å². The highest BCUT2D eigenvalue weighted by atomic mass is 35.5. The van der Waals surface area contributed by atoms with Crippen LogP contribution in [0.15, 0.2) is 12.2 Å². The van der Waals surface area contributed by atoms with Gasteiger partial charge in [-0.25, -0.2) is 0 Å². The maximum atomic E-state index is 6.81. The van der Waals surface area contributed by atoms with Crippen LogP contribution in [-0.4, -0.2) is 4.87 Å². The van der Waals surface area contributed by atoms with Gasteiger partial charge in [0.05, 0.1) is 0 Å². The summed E-state index contributed by atoms with van der Waals surface area (Å²) in [6.07, 6.45) is 44.1. The summed E-state index contributed by atoms with van der Waals surface area (Å²) in [5.74, 6) is 0.689. The first-order chi connectivity index (χ1) is 18.0. The fraction of sp³-hybridized carbons (Fsp3) is 0.944. The predicted octanol–water partition coefficient (Wildman–Crippen LogP) is 14.3. The average molecular weight is 556 g/mol. The minimum atomic E-state index is -0.0420. The highest BCUT2D eigenvalue weighted by Gasteiger charge is 2.25. The van der Waals surface area contributed by atoms with Crippen molar-refractivity contribution in [1.29, 1.82) is 0 Å². The van der Waals surface area contributed by atoms with E-state index in [9.17, 15) is 0 Å². The van der Waals surface area contributed by atoms with Crippen molar-refractivity contribution in [3.63, 3.8) is 0 Å². The maximum absolute atomic E-state index is 6.81. The molecule has 0 spiro atoms. The van der Waals surface area contributed by atoms with E-state index in [2.05, 4.69) is 39.8 Å². The molecule has 230 valence electrons. The molecule has 0 saturated heterocycles. The van der Waals surface area contributed by atoms with E-state index < -0.39 is 0 Å². The predicted molar refractivity (Wildman–Crippen MR) is 178 cm³/mol. The van der Waals surface area contributed by atoms with Crippen LogP contribution in [0.3, 0.4) is 0 Å². The monoisotopic (exact) mass is 556 g/mol. The fourth-order valence-electron chi connectivity index (χ4n) is 5.70. The van der Waals surface area contributed by atoms with Gasteiger partial charge in [-0.1, -0.05) is 167 Å². The van der Waals surface area contributed by atoms with E-state index in [4.69, 9.17) is 11.6 Å². The zero-order chi connectivity index (χ0) is 27.3. The average Bonchev–Trinajstić information content (AvgIpc) is 2.87. The van der Waals surface area contributed by atoms with E-state index in [1.165, 1.54) is 180 Å². The highest BCUT2D eigenvalue weighted by molar-refractivity contribution is 6.23. The second kappa shape index (κ2) is 31.5. The van der Waals surface area contributed by atoms with Crippen molar-refractivity contribution >= 4 is 11.6 Å². The van der Waals surface area contributed by atoms with Gasteiger partial charge in [0.1, 0.15) is 0 Å². The van der Waals surface area contributed by atoms with Crippen LogP contribution in [-0.2, 0) is 0 Å². The molecule has 1 unspecified atom stereocenters. The van der Waals surface area contributed by atoms with Gasteiger partial charge in [-0.15, -0.1) is 11.6 Å². The van der Waals surface area contributed by atoms with Gasteiger partial charge >= 0.3 is 0 Å². The molecule has 0 aromatic carbocycles. The normalized spacial score (nSPS) is 12.8. The van der Waals surface area contributed by atoms with Crippen molar-refractivity contribution in [2.45, 2.75) is 212 Å². The number of unbranched alkanes of at least 4 members (excludes halogenated alkanes) is 23. The van der Waals surface area contributed by atoms with Crippen molar-refractivity contribution in [3.8, 4) is 0 Å². The minimum absolute atomic E-state index is 0. The molecule has 38 heavy (non-hydrogen) atoms. The second-order valence-corrected chi connectivity index (χ2v) is 13.6. The standard InChI is InChI=1S/C36H71Cl.H3N/c1-5-7-9-11-13-15-17-19-20-21-22-24-26-28-30-32-34-35(36(3,4)37)33-31-29-27-25-23-18-16-14-12-10-8-6-2;/h19-20,35H,5-18,21-34H2,1-4H3;1H3/b20-19-;. The SMILES string of the molecule is CCCCCCCC/C=C\CCCCCCCCC(CCCCCCCCCCCCCC)C(C)(C)Cl.N. The largest absolute Gasteiger partial charge is 0.344 e. The minimum Gasteiger partial charge on any atom is -0.344 e. The molecule has 0 aliphatic rings. The Bertz CT molecular complexity index is 453. The van der Waals surface area contributed by atoms with E-state index in [-0.39, 0.29) is 11.0 Å². The Morgan fingerprint density at radius 2 is 0.711 bits per heavy atom. The molecule has 0 bridgehead atoms. The summed E-state index contributed by atoms with van der Waals surface area (Å²) in [4.78, 5) is -0.0420. The van der Waals surface area contributed by atoms with Gasteiger partial charge in [-0.05, 0) is 58.3 Å². The van der Waals surface area contributed by atoms with E-state index in [0.29, 0.717) is 5.92 Å². The van der Waals surface area contributed by atoms with Crippen molar-refractivity contribution < 1.29 is 0 Å². The Labute approximate surface area is 247 Å². The summed E-state index contributed by atoms with van der Waals surface area (Å²) in [5.41, 5.74) is 0. The summed E-state index contributed by atoms with van der Waals surface area (Å²) >= 11 is 6.81. The van der Waals surface area contributed by atoms with Gasteiger partial charge in [-0.3, -0.25) is 0 Å². The number of allylic oxidation sites excluding steroid dienone is 2. The van der Waals surface area contributed by atoms with Gasteiger partial charge in [0, 0.05) is 4.87 Å². The molecule has 2 heteroatoms. The van der Waals surface area contributed by atoms with Gasteiger partial charge in [-0.2, -0.15) is 0 Å². The van der Waals surface area contributed by atoms with E-state index >= 15 is 0 Å². The first-order valence-electron chi connectivity index (χ1n) is 17.4. The molecule has 0 radical (unpaired) electrons. The Balaban J connectivity index is 0. The van der Waals surface area contributed by atoms with Crippen molar-refractivity contribution in [2.24, 2.45) is 5.92 Å². The number of hydrogen-bond acceptors (Lipinski definition) is 1. The molecule has 3 N–H and O–H groups in total. The third kappa shape index (κ3) is 30.5. The van der Waals surface area contributed by atoms with Crippen LogP contribution in [0.25, 0.3) is 0 Å². The molecule has 0 saturated carbocycles. The summed E-state index contributed by atoms with van der Waals surface area (Å²) in [5, 5.41) is 0. The van der Waals surface area contributed by atoms with E-state index in [0.717, 1.165) is 0 Å². The maximum Gasteiger partial charge on any atom is 0.0418 e. The second-order valence-electron chi connectivity index (χ2n) is 12.7. The van der Waals surface area contributed by atoms with Crippen LogP contribution < -0.4 is 6.15 Å². The van der Waals surface area contributed by atoms with Gasteiger partial charge in [0.25, 0.3) is 0 Å². The number of rotatable bonds is 30. The zero-order valence-corrected chi connectivity index (χ0v) is 27.9. The van der Waals surface area contributed by atoms with Crippen LogP contribution in [0.5, 0.6) is 0 Å². The molecule has 0 aliphatic carbocycles. The summed E-state index contributed by atoms with van der Waals surface area (Å²) in [7, 11) is 0. The van der Waals surface area contributed by atoms with Crippen LogP contribution in [0.1, 0.15) is 207 Å².